The number of morpholine rings is 1. The number of nitrogens with two attached hydrogens (primary N) is 1. The summed E-state index contributed by atoms with van der Waals surface area (Å²) in [5.74, 6) is -0.486. The number of rotatable bonds is 5. The molecule has 3 heterocycles. The number of primary amides is 1. The number of ether oxygens (including phenoxy) is 1. The van der Waals surface area contributed by atoms with Crippen LogP contribution in [0.2, 0.25) is 0 Å². The van der Waals surface area contributed by atoms with Crippen molar-refractivity contribution in [2.75, 3.05) is 13.1 Å². The van der Waals surface area contributed by atoms with Crippen molar-refractivity contribution in [3.8, 4) is 10.4 Å². The van der Waals surface area contributed by atoms with E-state index in [0.717, 1.165) is 27.1 Å². The molecule has 1 saturated heterocycles. The van der Waals surface area contributed by atoms with E-state index >= 15 is 0 Å². The lowest BCUT2D eigenvalue weighted by Gasteiger charge is -2.37. The van der Waals surface area contributed by atoms with Crippen molar-refractivity contribution in [3.63, 3.8) is 0 Å². The summed E-state index contributed by atoms with van der Waals surface area (Å²) >= 11 is 1.36. The van der Waals surface area contributed by atoms with Crippen LogP contribution in [0.1, 0.15) is 23.9 Å². The molecular formula is C22H23F3N4O2S. The second kappa shape index (κ2) is 8.76. The van der Waals surface area contributed by atoms with Crippen molar-refractivity contribution < 1.29 is 22.7 Å². The molecule has 10 heteroatoms. The third-order valence-electron chi connectivity index (χ3n) is 5.28. The third-order valence-corrected chi connectivity index (χ3v) is 6.20. The molecule has 0 saturated carbocycles. The van der Waals surface area contributed by atoms with E-state index < -0.39 is 24.3 Å². The molecule has 4 rings (SSSR count). The summed E-state index contributed by atoms with van der Waals surface area (Å²) in [5, 5.41) is 0.883. The summed E-state index contributed by atoms with van der Waals surface area (Å²) in [6.07, 6.45) is -6.71. The zero-order valence-corrected chi connectivity index (χ0v) is 18.5. The predicted molar refractivity (Wildman–Crippen MR) is 116 cm³/mol. The lowest BCUT2D eigenvalue weighted by Crippen LogP contribution is -2.51. The minimum absolute atomic E-state index is 0.000799. The molecule has 6 nitrogen and oxygen atoms in total. The zero-order chi connectivity index (χ0) is 23.0. The normalized spacial score (nSPS) is 20.0. The fraction of sp³-hybridized carbons (Fsp3) is 0.409. The maximum absolute atomic E-state index is 13.2. The van der Waals surface area contributed by atoms with Crippen molar-refractivity contribution in [2.45, 2.75) is 45.2 Å². The minimum Gasteiger partial charge on any atom is -0.369 e. The number of carbonyl (C=O) groups is 1. The van der Waals surface area contributed by atoms with Gasteiger partial charge in [0.25, 0.3) is 0 Å². The van der Waals surface area contributed by atoms with Crippen LogP contribution in [0.5, 0.6) is 0 Å². The zero-order valence-electron chi connectivity index (χ0n) is 17.6. The lowest BCUT2D eigenvalue weighted by atomic mass is 10.0. The molecule has 2 N–H and O–H groups in total. The van der Waals surface area contributed by atoms with Crippen molar-refractivity contribution in [3.05, 3.63) is 47.3 Å². The van der Waals surface area contributed by atoms with Crippen LogP contribution in [-0.2, 0) is 22.5 Å². The molecule has 0 bridgehead atoms. The fourth-order valence-electron chi connectivity index (χ4n) is 4.00. The van der Waals surface area contributed by atoms with Gasteiger partial charge in [-0.3, -0.25) is 14.7 Å². The number of hydrogen-bond donors (Lipinski definition) is 1. The minimum atomic E-state index is -4.40. The molecule has 32 heavy (non-hydrogen) atoms. The summed E-state index contributed by atoms with van der Waals surface area (Å²) < 4.78 is 49.0. The van der Waals surface area contributed by atoms with Crippen molar-refractivity contribution in [1.29, 1.82) is 0 Å². The Hall–Kier alpha value is -2.56. The summed E-state index contributed by atoms with van der Waals surface area (Å²) in [6.45, 7) is 4.08. The van der Waals surface area contributed by atoms with Crippen LogP contribution in [0.4, 0.5) is 13.2 Å². The van der Waals surface area contributed by atoms with Gasteiger partial charge in [-0.1, -0.05) is 12.1 Å². The average Bonchev–Trinajstić information content (AvgIpc) is 3.12. The van der Waals surface area contributed by atoms with E-state index in [1.165, 1.54) is 11.5 Å². The Morgan fingerprint density at radius 1 is 1.28 bits per heavy atom. The van der Waals surface area contributed by atoms with E-state index in [9.17, 15) is 18.0 Å². The van der Waals surface area contributed by atoms with Crippen molar-refractivity contribution in [1.82, 2.24) is 14.3 Å². The monoisotopic (exact) mass is 464 g/mol. The third kappa shape index (κ3) is 5.08. The van der Waals surface area contributed by atoms with Crippen LogP contribution in [-0.4, -0.2) is 51.6 Å². The first kappa shape index (κ1) is 22.6. The molecule has 2 atom stereocenters. The van der Waals surface area contributed by atoms with Gasteiger partial charge in [-0.15, -0.1) is 0 Å². The largest absolute Gasteiger partial charge is 0.415 e. The van der Waals surface area contributed by atoms with E-state index in [2.05, 4.69) is 9.36 Å². The van der Waals surface area contributed by atoms with Crippen LogP contribution in [0.3, 0.4) is 0 Å². The van der Waals surface area contributed by atoms with E-state index in [-0.39, 0.29) is 13.0 Å². The number of amides is 1. The maximum atomic E-state index is 13.2. The molecule has 1 amide bonds. The van der Waals surface area contributed by atoms with Gasteiger partial charge < -0.3 is 10.5 Å². The van der Waals surface area contributed by atoms with Crippen LogP contribution < -0.4 is 5.73 Å². The Morgan fingerprint density at radius 3 is 2.72 bits per heavy atom. The molecule has 1 fully saturated rings. The topological polar surface area (TPSA) is 81.3 Å². The van der Waals surface area contributed by atoms with Crippen LogP contribution >= 0.6 is 11.5 Å². The van der Waals surface area contributed by atoms with E-state index in [0.29, 0.717) is 24.3 Å². The first-order valence-corrected chi connectivity index (χ1v) is 10.9. The van der Waals surface area contributed by atoms with Gasteiger partial charge in [0.1, 0.15) is 0 Å². The highest BCUT2D eigenvalue weighted by Crippen LogP contribution is 2.33. The molecule has 0 unspecified atom stereocenters. The SMILES string of the molecule is Cc1cc(-c2cc(CC(N)=O)nc3cc(CN4C[C@@H](C)O[C@@H](C(F)(F)F)C4)ccc23)sn1. The van der Waals surface area contributed by atoms with Gasteiger partial charge in [0.05, 0.1) is 34.3 Å². The molecule has 3 aromatic rings. The number of fused-ring (bicyclic) bond motifs is 1. The predicted octanol–water partition coefficient (Wildman–Crippen LogP) is 3.85. The fourth-order valence-corrected chi connectivity index (χ4v) is 4.78. The number of carbonyl (C=O) groups excluding carboxylic acids is 1. The Bertz CT molecular complexity index is 1150. The highest BCUT2D eigenvalue weighted by atomic mass is 32.1. The summed E-state index contributed by atoms with van der Waals surface area (Å²) in [7, 11) is 0. The molecule has 1 aliphatic rings. The van der Waals surface area contributed by atoms with E-state index in [1.807, 2.05) is 37.3 Å². The number of hydrogen-bond acceptors (Lipinski definition) is 6. The van der Waals surface area contributed by atoms with Crippen LogP contribution in [0.15, 0.2) is 30.3 Å². The van der Waals surface area contributed by atoms with Crippen molar-refractivity contribution >= 4 is 28.3 Å². The average molecular weight is 465 g/mol. The second-order valence-corrected chi connectivity index (χ2v) is 8.96. The molecule has 1 aliphatic heterocycles. The van der Waals surface area contributed by atoms with Crippen LogP contribution in [0, 0.1) is 6.92 Å². The number of benzene rings is 1. The quantitative estimate of drug-likeness (QED) is 0.621. The molecular weight excluding hydrogens is 441 g/mol. The Morgan fingerprint density at radius 2 is 2.06 bits per heavy atom. The van der Waals surface area contributed by atoms with E-state index in [4.69, 9.17) is 10.5 Å². The summed E-state index contributed by atoms with van der Waals surface area (Å²) in [5.41, 5.74) is 9.21. The Kier molecular flexibility index (Phi) is 6.19. The number of nitrogens with zero attached hydrogens (tertiary/aromatic N) is 3. The van der Waals surface area contributed by atoms with Gasteiger partial charge in [0, 0.05) is 30.6 Å². The van der Waals surface area contributed by atoms with Crippen LogP contribution in [0.25, 0.3) is 21.3 Å². The summed E-state index contributed by atoms with van der Waals surface area (Å²) in [6, 6.07) is 9.49. The van der Waals surface area contributed by atoms with Gasteiger partial charge >= 0.3 is 6.18 Å². The highest BCUT2D eigenvalue weighted by molar-refractivity contribution is 7.09. The second-order valence-electron chi connectivity index (χ2n) is 8.16. The van der Waals surface area contributed by atoms with Gasteiger partial charge in [0.2, 0.25) is 5.91 Å². The molecule has 0 spiro atoms. The maximum Gasteiger partial charge on any atom is 0.415 e. The summed E-state index contributed by atoms with van der Waals surface area (Å²) in [4.78, 5) is 18.8. The van der Waals surface area contributed by atoms with Gasteiger partial charge in [0.15, 0.2) is 6.10 Å². The number of alkyl halides is 3. The number of halogens is 3. The van der Waals surface area contributed by atoms with Crippen molar-refractivity contribution in [2.24, 2.45) is 5.73 Å². The molecule has 0 radical (unpaired) electrons. The first-order valence-electron chi connectivity index (χ1n) is 10.2. The van der Waals surface area contributed by atoms with Gasteiger partial charge in [-0.05, 0) is 49.1 Å². The Balaban J connectivity index is 1.68. The highest BCUT2D eigenvalue weighted by Gasteiger charge is 2.44. The molecule has 170 valence electrons. The van der Waals surface area contributed by atoms with Gasteiger partial charge in [-0.2, -0.15) is 17.5 Å². The molecule has 2 aromatic heterocycles. The smallest absolute Gasteiger partial charge is 0.369 e. The number of aromatic nitrogens is 2. The molecule has 1 aromatic carbocycles. The van der Waals surface area contributed by atoms with E-state index in [1.54, 1.807) is 11.8 Å². The standard InChI is InChI=1S/C22H23F3N4O2S/c1-12-5-19(32-28-12)17-7-15(8-21(26)30)27-18-6-14(3-4-16(17)18)10-29-9-13(2)31-20(11-29)22(23,24)25/h3-7,13,20H,8-11H2,1-2H3,(H2,26,30)/t13-,20-/m1/s1. The first-order chi connectivity index (χ1) is 15.1. The molecule has 0 aliphatic carbocycles. The number of pyridine rings is 1. The lowest BCUT2D eigenvalue weighted by molar-refractivity contribution is -0.252. The number of aryl methyl sites for hydroxylation is 1. The van der Waals surface area contributed by atoms with Gasteiger partial charge in [-0.25, -0.2) is 0 Å². The Labute approximate surface area is 187 Å².